The molecule has 0 bridgehead atoms. The Balaban J connectivity index is 1.34. The minimum absolute atomic E-state index is 0.185. The molecule has 2 aliphatic heterocycles. The molecule has 1 saturated heterocycles. The lowest BCUT2D eigenvalue weighted by atomic mass is 9.78. The van der Waals surface area contributed by atoms with Gasteiger partial charge >= 0.3 is 0 Å². The van der Waals surface area contributed by atoms with Crippen molar-refractivity contribution >= 4 is 23.6 Å². The predicted octanol–water partition coefficient (Wildman–Crippen LogP) is 2.25. The van der Waals surface area contributed by atoms with E-state index in [-0.39, 0.29) is 49.1 Å². The Hall–Kier alpha value is -3.62. The Morgan fingerprint density at radius 3 is 2.64 bits per heavy atom. The van der Waals surface area contributed by atoms with Gasteiger partial charge in [-0.25, -0.2) is 4.39 Å². The Kier molecular flexibility index (Phi) is 5.39. The highest BCUT2D eigenvalue weighted by Gasteiger charge is 2.39. The SMILES string of the molecule is O=C1CCC(N2Cc3cc(C(=O)N[C@@H](c4ccc(F)cn4)C4CCC4)ccc3C2=O)C(=O)N1. The van der Waals surface area contributed by atoms with Crippen LogP contribution in [0.3, 0.4) is 0 Å². The first-order valence-electron chi connectivity index (χ1n) is 11.1. The van der Waals surface area contributed by atoms with Crippen molar-refractivity contribution in [3.63, 3.8) is 0 Å². The third-order valence-corrected chi connectivity index (χ3v) is 6.76. The molecule has 8 nitrogen and oxygen atoms in total. The standard InChI is InChI=1S/C24H23FN4O4/c25-16-5-7-18(26-11-16)21(13-2-1-3-13)28-22(31)14-4-6-17-15(10-14)12-29(24(17)33)19-8-9-20(30)27-23(19)32/h4-7,10-11,13,19,21H,1-3,8-9,12H2,(H,28,31)(H,27,30,32)/t19?,21-/m1/s1. The highest BCUT2D eigenvalue weighted by molar-refractivity contribution is 6.06. The van der Waals surface area contributed by atoms with E-state index in [9.17, 15) is 23.6 Å². The molecule has 3 heterocycles. The minimum atomic E-state index is -0.701. The number of fused-ring (bicyclic) bond motifs is 1. The molecular formula is C24H23FN4O4. The number of hydrogen-bond donors (Lipinski definition) is 2. The van der Waals surface area contributed by atoms with E-state index in [2.05, 4.69) is 15.6 Å². The molecule has 2 atom stereocenters. The van der Waals surface area contributed by atoms with E-state index in [0.29, 0.717) is 22.4 Å². The number of carbonyl (C=O) groups is 4. The molecule has 0 radical (unpaired) electrons. The number of hydrogen-bond acceptors (Lipinski definition) is 5. The van der Waals surface area contributed by atoms with Gasteiger partial charge in [-0.3, -0.25) is 29.5 Å². The number of halogens is 1. The molecular weight excluding hydrogens is 427 g/mol. The number of piperidine rings is 1. The second kappa shape index (κ2) is 8.38. The second-order valence-electron chi connectivity index (χ2n) is 8.82. The minimum Gasteiger partial charge on any atom is -0.343 e. The number of amides is 4. The van der Waals surface area contributed by atoms with E-state index in [4.69, 9.17) is 0 Å². The molecule has 1 aromatic heterocycles. The largest absolute Gasteiger partial charge is 0.343 e. The van der Waals surface area contributed by atoms with Crippen LogP contribution in [0.25, 0.3) is 0 Å². The number of nitrogens with zero attached hydrogens (tertiary/aromatic N) is 2. The number of nitrogens with one attached hydrogen (secondary N) is 2. The highest BCUT2D eigenvalue weighted by atomic mass is 19.1. The summed E-state index contributed by atoms with van der Waals surface area (Å²) in [5.41, 5.74) is 2.14. The van der Waals surface area contributed by atoms with E-state index >= 15 is 0 Å². The highest BCUT2D eigenvalue weighted by Crippen LogP contribution is 2.37. The van der Waals surface area contributed by atoms with Gasteiger partial charge in [0.05, 0.1) is 17.9 Å². The molecule has 3 aliphatic rings. The molecule has 1 saturated carbocycles. The monoisotopic (exact) mass is 450 g/mol. The van der Waals surface area contributed by atoms with Crippen LogP contribution in [-0.4, -0.2) is 39.6 Å². The van der Waals surface area contributed by atoms with Crippen molar-refractivity contribution in [1.82, 2.24) is 20.5 Å². The molecule has 4 amide bonds. The molecule has 1 unspecified atom stereocenters. The summed E-state index contributed by atoms with van der Waals surface area (Å²) in [5.74, 6) is -1.58. The van der Waals surface area contributed by atoms with Crippen LogP contribution in [0.5, 0.6) is 0 Å². The fourth-order valence-corrected chi connectivity index (χ4v) is 4.72. The maximum atomic E-state index is 13.3. The third-order valence-electron chi connectivity index (χ3n) is 6.76. The summed E-state index contributed by atoms with van der Waals surface area (Å²) in [6.45, 7) is 0.202. The van der Waals surface area contributed by atoms with Gasteiger partial charge in [0.2, 0.25) is 11.8 Å². The first-order valence-corrected chi connectivity index (χ1v) is 11.1. The number of imide groups is 1. The van der Waals surface area contributed by atoms with Crippen LogP contribution in [0.2, 0.25) is 0 Å². The van der Waals surface area contributed by atoms with Crippen LogP contribution in [-0.2, 0) is 16.1 Å². The van der Waals surface area contributed by atoms with Gasteiger partial charge in [-0.1, -0.05) is 6.42 Å². The van der Waals surface area contributed by atoms with Gasteiger partial charge in [0.1, 0.15) is 11.9 Å². The van der Waals surface area contributed by atoms with Gasteiger partial charge in [-0.05, 0) is 61.1 Å². The van der Waals surface area contributed by atoms with Crippen molar-refractivity contribution in [2.45, 2.75) is 50.7 Å². The van der Waals surface area contributed by atoms with Crippen molar-refractivity contribution < 1.29 is 23.6 Å². The van der Waals surface area contributed by atoms with E-state index in [0.717, 1.165) is 25.5 Å². The van der Waals surface area contributed by atoms with Crippen LogP contribution in [0.15, 0.2) is 36.5 Å². The average molecular weight is 450 g/mol. The smallest absolute Gasteiger partial charge is 0.255 e. The zero-order valence-electron chi connectivity index (χ0n) is 17.8. The third kappa shape index (κ3) is 3.99. The summed E-state index contributed by atoms with van der Waals surface area (Å²) in [6, 6.07) is 6.78. The van der Waals surface area contributed by atoms with Crippen molar-refractivity contribution in [1.29, 1.82) is 0 Å². The molecule has 2 aromatic rings. The van der Waals surface area contributed by atoms with Gasteiger partial charge in [0.15, 0.2) is 0 Å². The fraction of sp³-hybridized carbons (Fsp3) is 0.375. The number of rotatable bonds is 5. The number of benzene rings is 1. The number of carbonyl (C=O) groups excluding carboxylic acids is 4. The van der Waals surface area contributed by atoms with Gasteiger partial charge in [-0.15, -0.1) is 0 Å². The van der Waals surface area contributed by atoms with Gasteiger partial charge in [0.25, 0.3) is 11.8 Å². The van der Waals surface area contributed by atoms with E-state index in [1.807, 2.05) is 0 Å². The quantitative estimate of drug-likeness (QED) is 0.680. The summed E-state index contributed by atoms with van der Waals surface area (Å²) in [7, 11) is 0. The fourth-order valence-electron chi connectivity index (χ4n) is 4.72. The Morgan fingerprint density at radius 2 is 1.97 bits per heavy atom. The summed E-state index contributed by atoms with van der Waals surface area (Å²) < 4.78 is 13.3. The van der Waals surface area contributed by atoms with Crippen molar-refractivity contribution in [2.75, 3.05) is 0 Å². The molecule has 9 heteroatoms. The summed E-state index contributed by atoms with van der Waals surface area (Å²) in [4.78, 5) is 55.2. The van der Waals surface area contributed by atoms with Crippen LogP contribution < -0.4 is 10.6 Å². The van der Waals surface area contributed by atoms with E-state index < -0.39 is 17.8 Å². The molecule has 1 aromatic carbocycles. The average Bonchev–Trinajstić information content (AvgIpc) is 3.08. The molecule has 0 spiro atoms. The molecule has 33 heavy (non-hydrogen) atoms. The first kappa shape index (κ1) is 21.2. The van der Waals surface area contributed by atoms with Crippen molar-refractivity contribution in [3.05, 3.63) is 64.7 Å². The lowest BCUT2D eigenvalue weighted by Gasteiger charge is -2.34. The first-order chi connectivity index (χ1) is 15.9. The maximum absolute atomic E-state index is 13.3. The molecule has 2 N–H and O–H groups in total. The normalized spacial score (nSPS) is 21.3. The van der Waals surface area contributed by atoms with Crippen molar-refractivity contribution in [3.8, 4) is 0 Å². The van der Waals surface area contributed by atoms with E-state index in [1.165, 1.54) is 11.0 Å². The maximum Gasteiger partial charge on any atom is 0.255 e. The van der Waals surface area contributed by atoms with Crippen LogP contribution >= 0.6 is 0 Å². The van der Waals surface area contributed by atoms with Crippen LogP contribution in [0.1, 0.15) is 70.1 Å². The molecule has 5 rings (SSSR count). The lowest BCUT2D eigenvalue weighted by molar-refractivity contribution is -0.136. The van der Waals surface area contributed by atoms with Gasteiger partial charge in [0, 0.05) is 24.1 Å². The Bertz CT molecular complexity index is 1150. The number of pyridine rings is 1. The van der Waals surface area contributed by atoms with Crippen LogP contribution in [0.4, 0.5) is 4.39 Å². The molecule has 170 valence electrons. The number of aromatic nitrogens is 1. The predicted molar refractivity (Wildman–Crippen MR) is 114 cm³/mol. The summed E-state index contributed by atoms with van der Waals surface area (Å²) >= 11 is 0. The second-order valence-corrected chi connectivity index (χ2v) is 8.82. The van der Waals surface area contributed by atoms with E-state index in [1.54, 1.807) is 24.3 Å². The molecule has 1 aliphatic carbocycles. The summed E-state index contributed by atoms with van der Waals surface area (Å²) in [6.07, 6.45) is 4.62. The zero-order valence-corrected chi connectivity index (χ0v) is 17.8. The zero-order chi connectivity index (χ0) is 23.1. The van der Waals surface area contributed by atoms with Gasteiger partial charge < -0.3 is 10.2 Å². The van der Waals surface area contributed by atoms with Gasteiger partial charge in [-0.2, -0.15) is 0 Å². The topological polar surface area (TPSA) is 108 Å². The Morgan fingerprint density at radius 1 is 1.15 bits per heavy atom. The van der Waals surface area contributed by atoms with Crippen molar-refractivity contribution in [2.24, 2.45) is 5.92 Å². The Labute approximate surface area is 189 Å². The summed E-state index contributed by atoms with van der Waals surface area (Å²) in [5, 5.41) is 5.32. The lowest BCUT2D eigenvalue weighted by Crippen LogP contribution is -2.52. The molecule has 2 fully saturated rings. The van der Waals surface area contributed by atoms with Crippen LogP contribution in [0, 0.1) is 11.7 Å².